The SMILES string of the molecule is Cc1csc(C(C)NC(=S)NC2CCCCC2)n1. The molecule has 1 aliphatic carbocycles. The smallest absolute Gasteiger partial charge is 0.167 e. The van der Waals surface area contributed by atoms with E-state index < -0.39 is 0 Å². The zero-order valence-electron chi connectivity index (χ0n) is 11.0. The molecule has 100 valence electrons. The molecule has 1 aliphatic rings. The van der Waals surface area contributed by atoms with E-state index in [0.29, 0.717) is 6.04 Å². The van der Waals surface area contributed by atoms with Crippen LogP contribution in [0.25, 0.3) is 0 Å². The molecule has 1 aromatic rings. The lowest BCUT2D eigenvalue weighted by molar-refractivity contribution is 0.411. The van der Waals surface area contributed by atoms with Crippen molar-refractivity contribution >= 4 is 28.7 Å². The van der Waals surface area contributed by atoms with Crippen LogP contribution in [0.1, 0.15) is 55.8 Å². The van der Waals surface area contributed by atoms with E-state index >= 15 is 0 Å². The van der Waals surface area contributed by atoms with E-state index in [0.717, 1.165) is 15.8 Å². The van der Waals surface area contributed by atoms with Gasteiger partial charge >= 0.3 is 0 Å². The Hall–Kier alpha value is -0.680. The largest absolute Gasteiger partial charge is 0.360 e. The van der Waals surface area contributed by atoms with E-state index in [2.05, 4.69) is 27.9 Å². The predicted molar refractivity (Wildman–Crippen MR) is 81.0 cm³/mol. The van der Waals surface area contributed by atoms with Crippen molar-refractivity contribution in [2.45, 2.75) is 58.0 Å². The van der Waals surface area contributed by atoms with Gasteiger partial charge in [0.25, 0.3) is 0 Å². The molecule has 1 heterocycles. The van der Waals surface area contributed by atoms with Gasteiger partial charge in [0.1, 0.15) is 5.01 Å². The summed E-state index contributed by atoms with van der Waals surface area (Å²) < 4.78 is 0. The van der Waals surface area contributed by atoms with Crippen molar-refractivity contribution in [3.05, 3.63) is 16.1 Å². The van der Waals surface area contributed by atoms with Crippen LogP contribution in [0.15, 0.2) is 5.38 Å². The van der Waals surface area contributed by atoms with Gasteiger partial charge in [0, 0.05) is 17.1 Å². The van der Waals surface area contributed by atoms with E-state index in [9.17, 15) is 0 Å². The Bertz CT molecular complexity index is 397. The molecular weight excluding hydrogens is 262 g/mol. The van der Waals surface area contributed by atoms with Gasteiger partial charge in [0.2, 0.25) is 0 Å². The molecule has 0 aliphatic heterocycles. The maximum absolute atomic E-state index is 5.37. The quantitative estimate of drug-likeness (QED) is 0.835. The molecule has 2 N–H and O–H groups in total. The van der Waals surface area contributed by atoms with Crippen molar-refractivity contribution in [2.75, 3.05) is 0 Å². The number of nitrogens with zero attached hydrogens (tertiary/aromatic N) is 1. The molecule has 1 fully saturated rings. The van der Waals surface area contributed by atoms with Crippen LogP contribution in [0.4, 0.5) is 0 Å². The number of aryl methyl sites for hydroxylation is 1. The molecule has 18 heavy (non-hydrogen) atoms. The summed E-state index contributed by atoms with van der Waals surface area (Å²) in [6, 6.07) is 0.747. The molecule has 3 nitrogen and oxygen atoms in total. The Labute approximate surface area is 118 Å². The Morgan fingerprint density at radius 1 is 1.44 bits per heavy atom. The third-order valence-corrected chi connectivity index (χ3v) is 4.68. The number of rotatable bonds is 3. The highest BCUT2D eigenvalue weighted by Gasteiger charge is 2.16. The van der Waals surface area contributed by atoms with Crippen molar-refractivity contribution in [1.29, 1.82) is 0 Å². The summed E-state index contributed by atoms with van der Waals surface area (Å²) in [4.78, 5) is 4.48. The van der Waals surface area contributed by atoms with E-state index in [-0.39, 0.29) is 6.04 Å². The first-order chi connectivity index (χ1) is 8.65. The molecule has 1 unspecified atom stereocenters. The van der Waals surface area contributed by atoms with Crippen molar-refractivity contribution < 1.29 is 0 Å². The molecule has 1 atom stereocenters. The summed E-state index contributed by atoms with van der Waals surface area (Å²) in [5.41, 5.74) is 1.08. The van der Waals surface area contributed by atoms with Crippen LogP contribution in [0.3, 0.4) is 0 Å². The van der Waals surface area contributed by atoms with Crippen LogP contribution >= 0.6 is 23.6 Å². The summed E-state index contributed by atoms with van der Waals surface area (Å²) in [5, 5.41) is 10.7. The number of hydrogen-bond acceptors (Lipinski definition) is 3. The zero-order valence-corrected chi connectivity index (χ0v) is 12.7. The number of thiazole rings is 1. The highest BCUT2D eigenvalue weighted by atomic mass is 32.1. The topological polar surface area (TPSA) is 37.0 Å². The lowest BCUT2D eigenvalue weighted by Gasteiger charge is -2.25. The van der Waals surface area contributed by atoms with Crippen LogP contribution in [0.5, 0.6) is 0 Å². The van der Waals surface area contributed by atoms with Crippen LogP contribution < -0.4 is 10.6 Å². The van der Waals surface area contributed by atoms with Gasteiger partial charge in [-0.2, -0.15) is 0 Å². The monoisotopic (exact) mass is 283 g/mol. The predicted octanol–water partition coefficient (Wildman–Crippen LogP) is 3.31. The first-order valence-electron chi connectivity index (χ1n) is 6.64. The number of thiocarbonyl (C=S) groups is 1. The molecule has 1 saturated carbocycles. The molecule has 0 amide bonds. The molecule has 0 spiro atoms. The van der Waals surface area contributed by atoms with Crippen LogP contribution in [-0.4, -0.2) is 16.1 Å². The molecule has 5 heteroatoms. The minimum Gasteiger partial charge on any atom is -0.360 e. The summed E-state index contributed by atoms with van der Waals surface area (Å²) in [6.45, 7) is 4.12. The zero-order chi connectivity index (χ0) is 13.0. The van der Waals surface area contributed by atoms with Crippen molar-refractivity contribution in [1.82, 2.24) is 15.6 Å². The average molecular weight is 283 g/mol. The van der Waals surface area contributed by atoms with Gasteiger partial charge < -0.3 is 10.6 Å². The average Bonchev–Trinajstić information content (AvgIpc) is 2.77. The van der Waals surface area contributed by atoms with Crippen LogP contribution in [-0.2, 0) is 0 Å². The van der Waals surface area contributed by atoms with Crippen molar-refractivity contribution in [2.24, 2.45) is 0 Å². The molecule has 0 saturated heterocycles. The van der Waals surface area contributed by atoms with E-state index in [1.165, 1.54) is 32.1 Å². The molecule has 2 rings (SSSR count). The van der Waals surface area contributed by atoms with E-state index in [1.54, 1.807) is 11.3 Å². The Balaban J connectivity index is 1.79. The third kappa shape index (κ3) is 3.92. The van der Waals surface area contributed by atoms with Gasteiger partial charge in [-0.3, -0.25) is 0 Å². The third-order valence-electron chi connectivity index (χ3n) is 3.30. The van der Waals surface area contributed by atoms with E-state index in [1.807, 2.05) is 6.92 Å². The standard InChI is InChI=1S/C13H21N3S2/c1-9-8-18-12(14-9)10(2)15-13(17)16-11-6-4-3-5-7-11/h8,10-11H,3-7H2,1-2H3,(H2,15,16,17). The highest BCUT2D eigenvalue weighted by molar-refractivity contribution is 7.80. The van der Waals surface area contributed by atoms with Gasteiger partial charge in [0.05, 0.1) is 6.04 Å². The van der Waals surface area contributed by atoms with Gasteiger partial charge in [0.15, 0.2) is 5.11 Å². The Morgan fingerprint density at radius 3 is 2.78 bits per heavy atom. The van der Waals surface area contributed by atoms with Crippen LogP contribution in [0, 0.1) is 6.92 Å². The number of nitrogens with one attached hydrogen (secondary N) is 2. The molecule has 1 aromatic heterocycles. The molecule has 0 aromatic carbocycles. The maximum atomic E-state index is 5.37. The number of hydrogen-bond donors (Lipinski definition) is 2. The van der Waals surface area contributed by atoms with Gasteiger partial charge in [-0.15, -0.1) is 11.3 Å². The minimum absolute atomic E-state index is 0.187. The summed E-state index contributed by atoms with van der Waals surface area (Å²) in [6.07, 6.45) is 6.50. The van der Waals surface area contributed by atoms with E-state index in [4.69, 9.17) is 12.2 Å². The normalized spacial score (nSPS) is 18.3. The van der Waals surface area contributed by atoms with Crippen molar-refractivity contribution in [3.8, 4) is 0 Å². The second-order valence-corrected chi connectivity index (χ2v) is 6.30. The second-order valence-electron chi connectivity index (χ2n) is 5.00. The lowest BCUT2D eigenvalue weighted by atomic mass is 9.96. The number of aromatic nitrogens is 1. The maximum Gasteiger partial charge on any atom is 0.167 e. The molecule has 0 bridgehead atoms. The summed E-state index contributed by atoms with van der Waals surface area (Å²) in [5.74, 6) is 0. The fourth-order valence-corrected chi connectivity index (χ4v) is 3.45. The first kappa shape index (κ1) is 13.7. The lowest BCUT2D eigenvalue weighted by Crippen LogP contribution is -2.43. The first-order valence-corrected chi connectivity index (χ1v) is 7.93. The molecular formula is C13H21N3S2. The molecule has 0 radical (unpaired) electrons. The van der Waals surface area contributed by atoms with Gasteiger partial charge in [-0.05, 0) is 38.9 Å². The summed E-state index contributed by atoms with van der Waals surface area (Å²) in [7, 11) is 0. The van der Waals surface area contributed by atoms with Crippen LogP contribution in [0.2, 0.25) is 0 Å². The highest BCUT2D eigenvalue weighted by Crippen LogP contribution is 2.19. The second kappa shape index (κ2) is 6.48. The summed E-state index contributed by atoms with van der Waals surface area (Å²) >= 11 is 7.06. The van der Waals surface area contributed by atoms with Gasteiger partial charge in [-0.25, -0.2) is 4.98 Å². The minimum atomic E-state index is 0.187. The van der Waals surface area contributed by atoms with Gasteiger partial charge in [-0.1, -0.05) is 19.3 Å². The fraction of sp³-hybridized carbons (Fsp3) is 0.692. The van der Waals surface area contributed by atoms with Crippen molar-refractivity contribution in [3.63, 3.8) is 0 Å². The fourth-order valence-electron chi connectivity index (χ4n) is 2.30. The Morgan fingerprint density at radius 2 is 2.17 bits per heavy atom. The Kier molecular flexibility index (Phi) is 4.95.